The fourth-order valence-electron chi connectivity index (χ4n) is 2.19. The minimum absolute atomic E-state index is 0.0625. The van der Waals surface area contributed by atoms with E-state index in [4.69, 9.17) is 23.2 Å². The normalized spacial score (nSPS) is 11.5. The van der Waals surface area contributed by atoms with Gasteiger partial charge in [0.05, 0.1) is 11.6 Å². The van der Waals surface area contributed by atoms with Crippen LogP contribution < -0.4 is 5.32 Å². The van der Waals surface area contributed by atoms with E-state index in [1.165, 1.54) is 18.2 Å². The zero-order chi connectivity index (χ0) is 18.4. The fourth-order valence-corrected chi connectivity index (χ4v) is 4.34. The third-order valence-corrected chi connectivity index (χ3v) is 6.15. The smallest absolute Gasteiger partial charge is 0.245 e. The van der Waals surface area contributed by atoms with Gasteiger partial charge < -0.3 is 5.32 Å². The Kier molecular flexibility index (Phi) is 6.84. The maximum Gasteiger partial charge on any atom is 0.245 e. The average molecular weight is 401 g/mol. The van der Waals surface area contributed by atoms with Gasteiger partial charge in [0.25, 0.3) is 0 Å². The summed E-state index contributed by atoms with van der Waals surface area (Å²) in [6, 6.07) is 13.6. The van der Waals surface area contributed by atoms with Crippen molar-refractivity contribution in [1.29, 1.82) is 0 Å². The van der Waals surface area contributed by atoms with Crippen LogP contribution in [0.2, 0.25) is 10.0 Å². The van der Waals surface area contributed by atoms with E-state index in [0.717, 1.165) is 9.87 Å². The molecule has 0 saturated carbocycles. The topological polar surface area (TPSA) is 66.5 Å². The highest BCUT2D eigenvalue weighted by Crippen LogP contribution is 2.27. The molecule has 2 rings (SSSR count). The van der Waals surface area contributed by atoms with E-state index in [1.54, 1.807) is 6.92 Å². The summed E-state index contributed by atoms with van der Waals surface area (Å²) >= 11 is 11.9. The zero-order valence-electron chi connectivity index (χ0n) is 13.6. The molecule has 0 spiro atoms. The summed E-state index contributed by atoms with van der Waals surface area (Å²) in [4.78, 5) is 12.0. The Balaban J connectivity index is 2.10. The standard InChI is InChI=1S/C17H18Cl2N2O3S/c1-2-21(12-17(22)20-11-13-6-4-3-5-7-13)25(23,24)16-10-14(18)8-9-15(16)19/h3-10H,2,11-12H2,1H3,(H,20,22). The molecular formula is C17H18Cl2N2O3S. The van der Waals surface area contributed by atoms with Crippen LogP contribution in [-0.4, -0.2) is 31.7 Å². The van der Waals surface area contributed by atoms with Crippen LogP contribution in [0.1, 0.15) is 12.5 Å². The van der Waals surface area contributed by atoms with E-state index in [9.17, 15) is 13.2 Å². The minimum Gasteiger partial charge on any atom is -0.351 e. The number of nitrogens with zero attached hydrogens (tertiary/aromatic N) is 1. The van der Waals surface area contributed by atoms with Crippen molar-refractivity contribution < 1.29 is 13.2 Å². The molecule has 1 amide bonds. The summed E-state index contributed by atoms with van der Waals surface area (Å²) < 4.78 is 26.6. The number of hydrogen-bond donors (Lipinski definition) is 1. The summed E-state index contributed by atoms with van der Waals surface area (Å²) in [7, 11) is -3.93. The molecule has 0 aliphatic rings. The van der Waals surface area contributed by atoms with Gasteiger partial charge >= 0.3 is 0 Å². The molecule has 8 heteroatoms. The van der Waals surface area contributed by atoms with E-state index >= 15 is 0 Å². The highest BCUT2D eigenvalue weighted by Gasteiger charge is 2.27. The molecule has 0 heterocycles. The second-order valence-corrected chi connectivity index (χ2v) is 8.02. The SMILES string of the molecule is CCN(CC(=O)NCc1ccccc1)S(=O)(=O)c1cc(Cl)ccc1Cl. The maximum absolute atomic E-state index is 12.7. The summed E-state index contributed by atoms with van der Waals surface area (Å²) in [5.74, 6) is -0.396. The summed E-state index contributed by atoms with van der Waals surface area (Å²) in [6.45, 7) is 1.81. The van der Waals surface area contributed by atoms with Crippen LogP contribution in [0.25, 0.3) is 0 Å². The number of carbonyl (C=O) groups is 1. The van der Waals surface area contributed by atoms with Gasteiger partial charge in [0.15, 0.2) is 0 Å². The first kappa shape index (κ1) is 19.7. The lowest BCUT2D eigenvalue weighted by Crippen LogP contribution is -2.40. The van der Waals surface area contributed by atoms with Crippen molar-refractivity contribution in [2.75, 3.05) is 13.1 Å². The largest absolute Gasteiger partial charge is 0.351 e. The van der Waals surface area contributed by atoms with Gasteiger partial charge in [-0.05, 0) is 23.8 Å². The third-order valence-electron chi connectivity index (χ3n) is 3.52. The molecular weight excluding hydrogens is 383 g/mol. The molecule has 2 aromatic carbocycles. The Morgan fingerprint density at radius 2 is 1.80 bits per heavy atom. The maximum atomic E-state index is 12.7. The first-order valence-electron chi connectivity index (χ1n) is 7.60. The third kappa shape index (κ3) is 5.19. The quantitative estimate of drug-likeness (QED) is 0.774. The summed E-state index contributed by atoms with van der Waals surface area (Å²) in [6.07, 6.45) is 0. The highest BCUT2D eigenvalue weighted by atomic mass is 35.5. The van der Waals surface area contributed by atoms with Crippen molar-refractivity contribution in [2.24, 2.45) is 0 Å². The molecule has 0 aromatic heterocycles. The average Bonchev–Trinajstić information content (AvgIpc) is 2.60. The zero-order valence-corrected chi connectivity index (χ0v) is 15.9. The van der Waals surface area contributed by atoms with Crippen molar-refractivity contribution >= 4 is 39.1 Å². The Bertz CT molecular complexity index is 842. The minimum atomic E-state index is -3.93. The predicted octanol–water partition coefficient (Wildman–Crippen LogP) is 3.32. The van der Waals surface area contributed by atoms with Crippen LogP contribution in [0.3, 0.4) is 0 Å². The van der Waals surface area contributed by atoms with E-state index in [0.29, 0.717) is 6.54 Å². The molecule has 0 unspecified atom stereocenters. The second-order valence-electron chi connectivity index (χ2n) is 5.27. The van der Waals surface area contributed by atoms with Crippen molar-refractivity contribution in [2.45, 2.75) is 18.4 Å². The fraction of sp³-hybridized carbons (Fsp3) is 0.235. The number of hydrogen-bond acceptors (Lipinski definition) is 3. The number of sulfonamides is 1. The van der Waals surface area contributed by atoms with Crippen LogP contribution in [-0.2, 0) is 21.4 Å². The molecule has 2 aromatic rings. The van der Waals surface area contributed by atoms with Gasteiger partial charge in [0.2, 0.25) is 15.9 Å². The first-order chi connectivity index (χ1) is 11.8. The number of benzene rings is 2. The Hall–Kier alpha value is -1.60. The van der Waals surface area contributed by atoms with Gasteiger partial charge in [-0.15, -0.1) is 0 Å². The number of rotatable bonds is 7. The number of likely N-dealkylation sites (N-methyl/N-ethyl adjacent to an activating group) is 1. The monoisotopic (exact) mass is 400 g/mol. The lowest BCUT2D eigenvalue weighted by Gasteiger charge is -2.21. The number of amides is 1. The summed E-state index contributed by atoms with van der Waals surface area (Å²) in [5.41, 5.74) is 0.930. The number of nitrogens with one attached hydrogen (secondary N) is 1. The van der Waals surface area contributed by atoms with Crippen LogP contribution in [0.15, 0.2) is 53.4 Å². The van der Waals surface area contributed by atoms with Gasteiger partial charge in [0, 0.05) is 18.1 Å². The molecule has 1 N–H and O–H groups in total. The lowest BCUT2D eigenvalue weighted by molar-refractivity contribution is -0.121. The summed E-state index contributed by atoms with van der Waals surface area (Å²) in [5, 5.41) is 3.03. The van der Waals surface area contributed by atoms with Crippen molar-refractivity contribution in [3.63, 3.8) is 0 Å². The molecule has 0 aliphatic carbocycles. The molecule has 0 aliphatic heterocycles. The lowest BCUT2D eigenvalue weighted by atomic mass is 10.2. The Morgan fingerprint density at radius 1 is 1.12 bits per heavy atom. The molecule has 25 heavy (non-hydrogen) atoms. The molecule has 134 valence electrons. The predicted molar refractivity (Wildman–Crippen MR) is 99.2 cm³/mol. The van der Waals surface area contributed by atoms with Crippen LogP contribution in [0.4, 0.5) is 0 Å². The van der Waals surface area contributed by atoms with E-state index in [-0.39, 0.29) is 28.0 Å². The Labute approximate surface area is 157 Å². The van der Waals surface area contributed by atoms with Crippen molar-refractivity contribution in [1.82, 2.24) is 9.62 Å². The molecule has 0 radical (unpaired) electrons. The second kappa shape index (κ2) is 8.67. The van der Waals surface area contributed by atoms with Crippen LogP contribution in [0, 0.1) is 0 Å². The highest BCUT2D eigenvalue weighted by molar-refractivity contribution is 7.89. The van der Waals surface area contributed by atoms with E-state index in [1.807, 2.05) is 30.3 Å². The van der Waals surface area contributed by atoms with Gasteiger partial charge in [-0.1, -0.05) is 60.5 Å². The number of halogens is 2. The van der Waals surface area contributed by atoms with Crippen molar-refractivity contribution in [3.8, 4) is 0 Å². The molecule has 0 saturated heterocycles. The van der Waals surface area contributed by atoms with Gasteiger partial charge in [0.1, 0.15) is 4.90 Å². The van der Waals surface area contributed by atoms with Crippen LogP contribution in [0.5, 0.6) is 0 Å². The van der Waals surface area contributed by atoms with Gasteiger partial charge in [-0.25, -0.2) is 8.42 Å². The molecule has 0 atom stereocenters. The molecule has 0 fully saturated rings. The van der Waals surface area contributed by atoms with E-state index < -0.39 is 15.9 Å². The van der Waals surface area contributed by atoms with Crippen molar-refractivity contribution in [3.05, 3.63) is 64.1 Å². The Morgan fingerprint density at radius 3 is 2.44 bits per heavy atom. The van der Waals surface area contributed by atoms with E-state index in [2.05, 4.69) is 5.32 Å². The molecule has 5 nitrogen and oxygen atoms in total. The first-order valence-corrected chi connectivity index (χ1v) is 9.80. The van der Waals surface area contributed by atoms with Crippen LogP contribution >= 0.6 is 23.2 Å². The van der Waals surface area contributed by atoms with Gasteiger partial charge in [-0.2, -0.15) is 4.31 Å². The molecule has 0 bridgehead atoms. The number of carbonyl (C=O) groups excluding carboxylic acids is 1. The van der Waals surface area contributed by atoms with Gasteiger partial charge in [-0.3, -0.25) is 4.79 Å².